The minimum Gasteiger partial charge on any atom is -0.344 e. The molecular formula is C17H30ClN3O3S. The van der Waals surface area contributed by atoms with Crippen molar-refractivity contribution in [2.45, 2.75) is 38.5 Å². The van der Waals surface area contributed by atoms with Gasteiger partial charge < -0.3 is 10.6 Å². The van der Waals surface area contributed by atoms with Gasteiger partial charge in [-0.15, -0.1) is 12.4 Å². The first kappa shape index (κ1) is 23.9. The molecule has 1 aromatic rings. The van der Waals surface area contributed by atoms with Gasteiger partial charge in [0, 0.05) is 26.7 Å². The molecule has 1 aromatic carbocycles. The normalized spacial score (nSPS) is 11.7. The first-order valence-electron chi connectivity index (χ1n) is 8.24. The van der Waals surface area contributed by atoms with E-state index < -0.39 is 15.4 Å². The summed E-state index contributed by atoms with van der Waals surface area (Å²) < 4.78 is 27.0. The minimum atomic E-state index is -3.56. The highest BCUT2D eigenvalue weighted by Crippen LogP contribution is 2.27. The van der Waals surface area contributed by atoms with Crippen LogP contribution >= 0.6 is 12.4 Å². The SMILES string of the molecule is CCC(CC)(CN)C(=O)N(C)CCNS(=O)(=O)c1ccc(C)cc1.Cl. The van der Waals surface area contributed by atoms with Gasteiger partial charge in [0.25, 0.3) is 0 Å². The van der Waals surface area contributed by atoms with Crippen LogP contribution in [0.25, 0.3) is 0 Å². The molecule has 1 rings (SSSR count). The van der Waals surface area contributed by atoms with Crippen LogP contribution in [0.1, 0.15) is 32.3 Å². The van der Waals surface area contributed by atoms with Gasteiger partial charge >= 0.3 is 0 Å². The van der Waals surface area contributed by atoms with Crippen LogP contribution in [-0.4, -0.2) is 45.9 Å². The summed E-state index contributed by atoms with van der Waals surface area (Å²) in [6.07, 6.45) is 1.33. The molecule has 0 unspecified atom stereocenters. The summed E-state index contributed by atoms with van der Waals surface area (Å²) in [4.78, 5) is 14.4. The lowest BCUT2D eigenvalue weighted by molar-refractivity contribution is -0.140. The molecule has 0 aliphatic carbocycles. The summed E-state index contributed by atoms with van der Waals surface area (Å²) in [5.74, 6) is -0.0375. The number of nitrogens with zero attached hydrogens (tertiary/aromatic N) is 1. The quantitative estimate of drug-likeness (QED) is 0.672. The fraction of sp³-hybridized carbons (Fsp3) is 0.588. The van der Waals surface area contributed by atoms with Crippen LogP contribution in [0, 0.1) is 12.3 Å². The predicted molar refractivity (Wildman–Crippen MR) is 103 cm³/mol. The van der Waals surface area contributed by atoms with Gasteiger partial charge in [-0.1, -0.05) is 31.5 Å². The number of likely N-dealkylation sites (N-methyl/N-ethyl adjacent to an activating group) is 1. The number of halogens is 1. The van der Waals surface area contributed by atoms with Gasteiger partial charge in [-0.3, -0.25) is 4.79 Å². The van der Waals surface area contributed by atoms with E-state index in [1.54, 1.807) is 36.2 Å². The minimum absolute atomic E-state index is 0. The molecule has 0 radical (unpaired) electrons. The Morgan fingerprint density at radius 1 is 1.20 bits per heavy atom. The average molecular weight is 392 g/mol. The van der Waals surface area contributed by atoms with E-state index in [4.69, 9.17) is 5.73 Å². The molecule has 8 heteroatoms. The van der Waals surface area contributed by atoms with E-state index in [9.17, 15) is 13.2 Å². The highest BCUT2D eigenvalue weighted by Gasteiger charge is 2.35. The van der Waals surface area contributed by atoms with Gasteiger partial charge in [-0.05, 0) is 31.9 Å². The molecule has 25 heavy (non-hydrogen) atoms. The van der Waals surface area contributed by atoms with Crippen LogP contribution in [-0.2, 0) is 14.8 Å². The Morgan fingerprint density at radius 2 is 1.72 bits per heavy atom. The van der Waals surface area contributed by atoms with E-state index >= 15 is 0 Å². The average Bonchev–Trinajstić information content (AvgIpc) is 2.57. The van der Waals surface area contributed by atoms with E-state index in [0.717, 1.165) is 5.56 Å². The molecular weight excluding hydrogens is 362 g/mol. The second-order valence-electron chi connectivity index (χ2n) is 6.13. The van der Waals surface area contributed by atoms with Crippen molar-refractivity contribution in [2.24, 2.45) is 11.1 Å². The van der Waals surface area contributed by atoms with Crippen molar-refractivity contribution in [2.75, 3.05) is 26.7 Å². The van der Waals surface area contributed by atoms with E-state index in [1.165, 1.54) is 0 Å². The lowest BCUT2D eigenvalue weighted by Crippen LogP contribution is -2.48. The van der Waals surface area contributed by atoms with Gasteiger partial charge in [0.2, 0.25) is 15.9 Å². The number of amides is 1. The van der Waals surface area contributed by atoms with Gasteiger partial charge in [-0.2, -0.15) is 0 Å². The lowest BCUT2D eigenvalue weighted by Gasteiger charge is -2.33. The molecule has 0 bridgehead atoms. The first-order chi connectivity index (χ1) is 11.2. The molecule has 0 aromatic heterocycles. The number of hydrogen-bond acceptors (Lipinski definition) is 4. The molecule has 0 aliphatic heterocycles. The number of rotatable bonds is 9. The third-order valence-electron chi connectivity index (χ3n) is 4.62. The fourth-order valence-corrected chi connectivity index (χ4v) is 3.60. The Morgan fingerprint density at radius 3 is 2.16 bits per heavy atom. The molecule has 0 saturated heterocycles. The van der Waals surface area contributed by atoms with Crippen molar-refractivity contribution >= 4 is 28.3 Å². The number of sulfonamides is 1. The topological polar surface area (TPSA) is 92.5 Å². The standard InChI is InChI=1S/C17H29N3O3S.ClH/c1-5-17(6-2,13-18)16(21)20(4)12-11-19-24(22,23)15-9-7-14(3)8-10-15;/h7-10,19H,5-6,11-13,18H2,1-4H3;1H. The van der Waals surface area contributed by atoms with Crippen molar-refractivity contribution < 1.29 is 13.2 Å². The second kappa shape index (κ2) is 10.1. The number of benzene rings is 1. The molecule has 0 fully saturated rings. The van der Waals surface area contributed by atoms with Crippen molar-refractivity contribution in [1.82, 2.24) is 9.62 Å². The van der Waals surface area contributed by atoms with Gasteiger partial charge in [0.15, 0.2) is 0 Å². The van der Waals surface area contributed by atoms with Crippen LogP contribution in [0.4, 0.5) is 0 Å². The molecule has 0 atom stereocenters. The van der Waals surface area contributed by atoms with E-state index in [1.807, 2.05) is 20.8 Å². The molecule has 1 amide bonds. The largest absolute Gasteiger partial charge is 0.344 e. The summed E-state index contributed by atoms with van der Waals surface area (Å²) in [6, 6.07) is 6.64. The Balaban J connectivity index is 0.00000576. The fourth-order valence-electron chi connectivity index (χ4n) is 2.58. The third-order valence-corrected chi connectivity index (χ3v) is 6.09. The Bertz CT molecular complexity index is 635. The van der Waals surface area contributed by atoms with Crippen molar-refractivity contribution in [1.29, 1.82) is 0 Å². The molecule has 0 spiro atoms. The van der Waals surface area contributed by atoms with E-state index in [-0.39, 0.29) is 36.3 Å². The van der Waals surface area contributed by atoms with E-state index in [2.05, 4.69) is 4.72 Å². The molecule has 6 nitrogen and oxygen atoms in total. The van der Waals surface area contributed by atoms with Crippen LogP contribution in [0.15, 0.2) is 29.2 Å². The van der Waals surface area contributed by atoms with Crippen molar-refractivity contribution in [3.05, 3.63) is 29.8 Å². The number of hydrogen-bond donors (Lipinski definition) is 2. The van der Waals surface area contributed by atoms with Crippen molar-refractivity contribution in [3.63, 3.8) is 0 Å². The first-order valence-corrected chi connectivity index (χ1v) is 9.72. The Labute approximate surface area is 157 Å². The molecule has 3 N–H and O–H groups in total. The Hall–Kier alpha value is -1.15. The van der Waals surface area contributed by atoms with Gasteiger partial charge in [0.05, 0.1) is 10.3 Å². The second-order valence-corrected chi connectivity index (χ2v) is 7.90. The summed E-state index contributed by atoms with van der Waals surface area (Å²) in [5, 5.41) is 0. The number of carbonyl (C=O) groups excluding carboxylic acids is 1. The zero-order valence-corrected chi connectivity index (χ0v) is 17.0. The monoisotopic (exact) mass is 391 g/mol. The zero-order chi connectivity index (χ0) is 18.4. The maximum Gasteiger partial charge on any atom is 0.240 e. The van der Waals surface area contributed by atoms with Crippen molar-refractivity contribution in [3.8, 4) is 0 Å². The highest BCUT2D eigenvalue weighted by molar-refractivity contribution is 7.89. The van der Waals surface area contributed by atoms with Gasteiger partial charge in [0.1, 0.15) is 0 Å². The van der Waals surface area contributed by atoms with Crippen LogP contribution < -0.4 is 10.5 Å². The maximum absolute atomic E-state index is 12.6. The van der Waals surface area contributed by atoms with E-state index in [0.29, 0.717) is 19.4 Å². The summed E-state index contributed by atoms with van der Waals surface area (Å²) in [7, 11) is -1.88. The number of nitrogens with two attached hydrogens (primary N) is 1. The molecule has 0 saturated carbocycles. The van der Waals surface area contributed by atoms with Crippen LogP contribution in [0.5, 0.6) is 0 Å². The third kappa shape index (κ3) is 5.95. The number of carbonyl (C=O) groups is 1. The van der Waals surface area contributed by atoms with Crippen LogP contribution in [0.2, 0.25) is 0 Å². The Kier molecular flexibility index (Phi) is 9.64. The summed E-state index contributed by atoms with van der Waals surface area (Å²) in [6.45, 7) is 6.54. The zero-order valence-electron chi connectivity index (χ0n) is 15.4. The maximum atomic E-state index is 12.6. The molecule has 144 valence electrons. The van der Waals surface area contributed by atoms with Crippen LogP contribution in [0.3, 0.4) is 0 Å². The predicted octanol–water partition coefficient (Wildman–Crippen LogP) is 1.92. The highest BCUT2D eigenvalue weighted by atomic mass is 35.5. The molecule has 0 aliphatic rings. The number of aryl methyl sites for hydroxylation is 1. The molecule has 0 heterocycles. The lowest BCUT2D eigenvalue weighted by atomic mass is 9.81. The summed E-state index contributed by atoms with van der Waals surface area (Å²) in [5.41, 5.74) is 6.23. The summed E-state index contributed by atoms with van der Waals surface area (Å²) >= 11 is 0. The smallest absolute Gasteiger partial charge is 0.240 e. The number of nitrogens with one attached hydrogen (secondary N) is 1. The van der Waals surface area contributed by atoms with Gasteiger partial charge in [-0.25, -0.2) is 13.1 Å².